The van der Waals surface area contributed by atoms with E-state index >= 15 is 0 Å². The summed E-state index contributed by atoms with van der Waals surface area (Å²) in [6, 6.07) is -0.635. The van der Waals surface area contributed by atoms with E-state index in [9.17, 15) is 9.59 Å². The van der Waals surface area contributed by atoms with Gasteiger partial charge in [0.1, 0.15) is 0 Å². The molecule has 0 aromatic rings. The van der Waals surface area contributed by atoms with Crippen LogP contribution in [0.3, 0.4) is 0 Å². The lowest BCUT2D eigenvalue weighted by Gasteiger charge is -2.32. The fraction of sp³-hybridized carbons (Fsp3) is 0.818. The summed E-state index contributed by atoms with van der Waals surface area (Å²) in [7, 11) is 0. The topological polar surface area (TPSA) is 75.4 Å². The van der Waals surface area contributed by atoms with Crippen LogP contribution in [0.25, 0.3) is 0 Å². The van der Waals surface area contributed by atoms with E-state index < -0.39 is 6.04 Å². The van der Waals surface area contributed by atoms with Crippen molar-refractivity contribution in [2.45, 2.75) is 51.7 Å². The number of amides is 2. The SMILES string of the molecule is C[C@@H](N)C(=O)NC1CC(=O)N(C(C)(C)C)C1.Cl. The zero-order valence-electron chi connectivity index (χ0n) is 10.8. The number of halogens is 1. The third kappa shape index (κ3) is 4.16. The molecule has 2 atom stereocenters. The molecule has 2 amide bonds. The third-order valence-electron chi connectivity index (χ3n) is 2.69. The number of nitrogens with zero attached hydrogens (tertiary/aromatic N) is 1. The summed E-state index contributed by atoms with van der Waals surface area (Å²) in [4.78, 5) is 24.9. The lowest BCUT2D eigenvalue weighted by Crippen LogP contribution is -2.47. The zero-order chi connectivity index (χ0) is 12.5. The Hall–Kier alpha value is -0.810. The van der Waals surface area contributed by atoms with Gasteiger partial charge < -0.3 is 16.0 Å². The number of rotatable bonds is 2. The molecule has 1 unspecified atom stereocenters. The quantitative estimate of drug-likeness (QED) is 0.751. The molecule has 5 nitrogen and oxygen atoms in total. The normalized spacial score (nSPS) is 22.1. The van der Waals surface area contributed by atoms with Gasteiger partial charge in [0.25, 0.3) is 0 Å². The molecule has 0 aromatic heterocycles. The summed E-state index contributed by atoms with van der Waals surface area (Å²) in [5.41, 5.74) is 5.27. The molecule has 3 N–H and O–H groups in total. The summed E-state index contributed by atoms with van der Waals surface area (Å²) < 4.78 is 0. The van der Waals surface area contributed by atoms with Gasteiger partial charge in [-0.05, 0) is 27.7 Å². The van der Waals surface area contributed by atoms with Crippen LogP contribution in [0.1, 0.15) is 34.1 Å². The van der Waals surface area contributed by atoms with Crippen LogP contribution in [-0.4, -0.2) is 40.9 Å². The lowest BCUT2D eigenvalue weighted by molar-refractivity contribution is -0.131. The van der Waals surface area contributed by atoms with E-state index in [1.165, 1.54) is 0 Å². The lowest BCUT2D eigenvalue weighted by atomic mass is 10.1. The first-order valence-electron chi connectivity index (χ1n) is 5.58. The van der Waals surface area contributed by atoms with Gasteiger partial charge >= 0.3 is 0 Å². The van der Waals surface area contributed by atoms with Crippen molar-refractivity contribution in [1.29, 1.82) is 0 Å². The predicted molar refractivity (Wildman–Crippen MR) is 68.9 cm³/mol. The van der Waals surface area contributed by atoms with Crippen molar-refractivity contribution in [3.8, 4) is 0 Å². The maximum Gasteiger partial charge on any atom is 0.236 e. The van der Waals surface area contributed by atoms with Crippen LogP contribution in [0.2, 0.25) is 0 Å². The number of carbonyl (C=O) groups is 2. The minimum atomic E-state index is -0.529. The van der Waals surface area contributed by atoms with E-state index in [2.05, 4.69) is 5.32 Å². The Bertz CT molecular complexity index is 300. The van der Waals surface area contributed by atoms with Gasteiger partial charge in [-0.1, -0.05) is 0 Å². The molecule has 1 aliphatic heterocycles. The Kier molecular flexibility index (Phi) is 5.42. The monoisotopic (exact) mass is 263 g/mol. The predicted octanol–water partition coefficient (Wildman–Crippen LogP) is 0.271. The van der Waals surface area contributed by atoms with Crippen molar-refractivity contribution < 1.29 is 9.59 Å². The standard InChI is InChI=1S/C11H21N3O2.ClH/c1-7(12)10(16)13-8-5-9(15)14(6-8)11(2,3)4;/h7-8H,5-6,12H2,1-4H3,(H,13,16);1H/t7-,8?;/m1./s1. The number of nitrogens with one attached hydrogen (secondary N) is 1. The Labute approximate surface area is 109 Å². The highest BCUT2D eigenvalue weighted by Gasteiger charge is 2.36. The number of carbonyl (C=O) groups excluding carboxylic acids is 2. The Morgan fingerprint density at radius 2 is 2.06 bits per heavy atom. The van der Waals surface area contributed by atoms with Crippen LogP contribution >= 0.6 is 12.4 Å². The van der Waals surface area contributed by atoms with Gasteiger partial charge in [-0.15, -0.1) is 12.4 Å². The summed E-state index contributed by atoms with van der Waals surface area (Å²) in [6.45, 7) is 8.16. The molecule has 1 rings (SSSR count). The molecule has 17 heavy (non-hydrogen) atoms. The average molecular weight is 264 g/mol. The van der Waals surface area contributed by atoms with Crippen molar-refractivity contribution in [1.82, 2.24) is 10.2 Å². The largest absolute Gasteiger partial charge is 0.350 e. The summed E-state index contributed by atoms with van der Waals surface area (Å²) in [5, 5.41) is 2.78. The first kappa shape index (κ1) is 16.2. The third-order valence-corrected chi connectivity index (χ3v) is 2.69. The van der Waals surface area contributed by atoms with Crippen molar-refractivity contribution in [3.63, 3.8) is 0 Å². The molecule has 0 radical (unpaired) electrons. The zero-order valence-corrected chi connectivity index (χ0v) is 11.6. The van der Waals surface area contributed by atoms with E-state index in [1.807, 2.05) is 20.8 Å². The van der Waals surface area contributed by atoms with Crippen molar-refractivity contribution in [2.75, 3.05) is 6.54 Å². The van der Waals surface area contributed by atoms with Crippen molar-refractivity contribution in [3.05, 3.63) is 0 Å². The fourth-order valence-electron chi connectivity index (χ4n) is 1.79. The molecule has 0 bridgehead atoms. The van der Waals surface area contributed by atoms with Gasteiger partial charge in [-0.25, -0.2) is 0 Å². The van der Waals surface area contributed by atoms with Gasteiger partial charge in [0.2, 0.25) is 11.8 Å². The van der Waals surface area contributed by atoms with Gasteiger partial charge in [-0.2, -0.15) is 0 Å². The van der Waals surface area contributed by atoms with E-state index in [1.54, 1.807) is 11.8 Å². The minimum absolute atomic E-state index is 0. The van der Waals surface area contributed by atoms with Crippen LogP contribution in [0, 0.1) is 0 Å². The van der Waals surface area contributed by atoms with Crippen LogP contribution in [0.4, 0.5) is 0 Å². The van der Waals surface area contributed by atoms with Crippen LogP contribution < -0.4 is 11.1 Å². The molecule has 0 aromatic carbocycles. The highest BCUT2D eigenvalue weighted by molar-refractivity contribution is 5.85. The maximum absolute atomic E-state index is 11.7. The summed E-state index contributed by atoms with van der Waals surface area (Å²) >= 11 is 0. The molecule has 100 valence electrons. The molecule has 1 aliphatic rings. The molecule has 0 aliphatic carbocycles. The molecule has 1 heterocycles. The molecular formula is C11H22ClN3O2. The van der Waals surface area contributed by atoms with Crippen molar-refractivity contribution >= 4 is 24.2 Å². The van der Waals surface area contributed by atoms with Crippen molar-refractivity contribution in [2.24, 2.45) is 5.73 Å². The van der Waals surface area contributed by atoms with Gasteiger partial charge in [0, 0.05) is 18.5 Å². The number of likely N-dealkylation sites (tertiary alicyclic amines) is 1. The highest BCUT2D eigenvalue weighted by atomic mass is 35.5. The molecular weight excluding hydrogens is 242 g/mol. The van der Waals surface area contributed by atoms with E-state index in [4.69, 9.17) is 5.73 Å². The van der Waals surface area contributed by atoms with Crippen LogP contribution in [0.5, 0.6) is 0 Å². The number of nitrogens with two attached hydrogens (primary N) is 1. The Morgan fingerprint density at radius 1 is 1.53 bits per heavy atom. The van der Waals surface area contributed by atoms with Gasteiger partial charge in [-0.3, -0.25) is 9.59 Å². The van der Waals surface area contributed by atoms with E-state index in [0.29, 0.717) is 13.0 Å². The second-order valence-electron chi connectivity index (χ2n) is 5.37. The van der Waals surface area contributed by atoms with E-state index in [-0.39, 0.29) is 35.8 Å². The summed E-state index contributed by atoms with van der Waals surface area (Å²) in [6.07, 6.45) is 0.371. The smallest absolute Gasteiger partial charge is 0.236 e. The van der Waals surface area contributed by atoms with Crippen LogP contribution in [0.15, 0.2) is 0 Å². The second kappa shape index (κ2) is 5.69. The highest BCUT2D eigenvalue weighted by Crippen LogP contribution is 2.21. The van der Waals surface area contributed by atoms with E-state index in [0.717, 1.165) is 0 Å². The Balaban J connectivity index is 0.00000256. The minimum Gasteiger partial charge on any atom is -0.350 e. The van der Waals surface area contributed by atoms with Gasteiger partial charge in [0.15, 0.2) is 0 Å². The first-order valence-corrected chi connectivity index (χ1v) is 5.58. The molecule has 0 saturated carbocycles. The molecule has 1 fully saturated rings. The molecule has 0 spiro atoms. The number of hydrogen-bond donors (Lipinski definition) is 2. The number of hydrogen-bond acceptors (Lipinski definition) is 3. The molecule has 6 heteroatoms. The average Bonchev–Trinajstić information content (AvgIpc) is 2.45. The first-order chi connectivity index (χ1) is 7.21. The van der Waals surface area contributed by atoms with Gasteiger partial charge in [0.05, 0.1) is 12.1 Å². The fourth-order valence-corrected chi connectivity index (χ4v) is 1.79. The van der Waals surface area contributed by atoms with Crippen LogP contribution in [-0.2, 0) is 9.59 Å². The second-order valence-corrected chi connectivity index (χ2v) is 5.37. The maximum atomic E-state index is 11.7. The Morgan fingerprint density at radius 3 is 2.41 bits per heavy atom. The summed E-state index contributed by atoms with van der Waals surface area (Å²) in [5.74, 6) is -0.115. The molecule has 1 saturated heterocycles.